The number of para-hydroxylation sites is 1. The number of rotatable bonds is 14. The summed E-state index contributed by atoms with van der Waals surface area (Å²) in [5.74, 6) is -2.48. The topological polar surface area (TPSA) is 147 Å². The Morgan fingerprint density at radius 2 is 1.56 bits per heavy atom. The number of aliphatic hydroxyl groups excluding tert-OH is 1. The van der Waals surface area contributed by atoms with Crippen molar-refractivity contribution < 1.29 is 24.5 Å². The summed E-state index contributed by atoms with van der Waals surface area (Å²) in [5, 5.41) is 34.3. The molecule has 0 aliphatic carbocycles. The number of unbranched alkanes of at least 4 members (excludes halogenated alkanes) is 2. The Morgan fingerprint density at radius 1 is 0.923 bits per heavy atom. The van der Waals surface area contributed by atoms with Crippen LogP contribution in [0.3, 0.4) is 0 Å². The van der Waals surface area contributed by atoms with Gasteiger partial charge in [-0.2, -0.15) is 0 Å². The van der Waals surface area contributed by atoms with Gasteiger partial charge in [0.15, 0.2) is 0 Å². The largest absolute Gasteiger partial charge is 0.507 e. The third-order valence-electron chi connectivity index (χ3n) is 6.83. The number of hydrogen-bond donors (Lipinski definition) is 1. The summed E-state index contributed by atoms with van der Waals surface area (Å²) < 4.78 is 0. The van der Waals surface area contributed by atoms with Crippen LogP contribution in [0.1, 0.15) is 63.1 Å². The van der Waals surface area contributed by atoms with Crippen LogP contribution in [-0.4, -0.2) is 62.6 Å². The molecule has 2 aromatic rings. The normalized spacial score (nSPS) is 16.7. The van der Waals surface area contributed by atoms with Crippen LogP contribution in [0.15, 0.2) is 54.1 Å². The Hall–Kier alpha value is -4.12. The molecule has 1 N–H and O–H groups in total. The molecule has 2 aromatic carbocycles. The molecule has 0 aromatic heterocycles. The highest BCUT2D eigenvalue weighted by molar-refractivity contribution is 6.46. The second-order valence-electron chi connectivity index (χ2n) is 9.52. The zero-order chi connectivity index (χ0) is 28.5. The van der Waals surface area contributed by atoms with E-state index in [4.69, 9.17) is 0 Å². The van der Waals surface area contributed by atoms with Crippen LogP contribution in [0.25, 0.3) is 5.76 Å². The highest BCUT2D eigenvalue weighted by atomic mass is 16.6. The van der Waals surface area contributed by atoms with Crippen LogP contribution in [0.5, 0.6) is 0 Å². The number of aliphatic hydroxyl groups is 1. The number of carbonyl (C=O) groups excluding carboxylic acids is 2. The molecule has 1 heterocycles. The lowest BCUT2D eigenvalue weighted by Crippen LogP contribution is -2.34. The van der Waals surface area contributed by atoms with E-state index >= 15 is 0 Å². The summed E-state index contributed by atoms with van der Waals surface area (Å²) in [4.78, 5) is 52.0. The molecule has 1 saturated heterocycles. The molecular formula is C28H34N4O7. The van der Waals surface area contributed by atoms with Gasteiger partial charge in [0.2, 0.25) is 0 Å². The molecule has 1 amide bonds. The monoisotopic (exact) mass is 538 g/mol. The number of non-ortho nitro benzene ring substituents is 1. The molecule has 0 spiro atoms. The SMILES string of the molecule is CCCCN(CCCC)CCCN1C(=O)C(=O)C(=C(O)c2cccc([N+](=O)[O-])c2)[C@H]1c1ccccc1[N+](=O)[O-]. The first-order chi connectivity index (χ1) is 18.7. The van der Waals surface area contributed by atoms with Crippen molar-refractivity contribution in [2.24, 2.45) is 0 Å². The van der Waals surface area contributed by atoms with E-state index in [1.165, 1.54) is 41.3 Å². The highest BCUT2D eigenvalue weighted by Crippen LogP contribution is 2.42. The van der Waals surface area contributed by atoms with Gasteiger partial charge in [-0.1, -0.05) is 51.0 Å². The Labute approximate surface area is 227 Å². The maximum absolute atomic E-state index is 13.3. The minimum atomic E-state index is -1.22. The summed E-state index contributed by atoms with van der Waals surface area (Å²) in [6.45, 7) is 6.88. The third-order valence-corrected chi connectivity index (χ3v) is 6.83. The lowest BCUT2D eigenvalue weighted by atomic mass is 9.94. The Bertz CT molecular complexity index is 1250. The van der Waals surface area contributed by atoms with E-state index in [1.807, 2.05) is 0 Å². The number of carbonyl (C=O) groups is 2. The number of nitrogens with zero attached hydrogens (tertiary/aromatic N) is 4. The van der Waals surface area contributed by atoms with E-state index in [1.54, 1.807) is 6.07 Å². The molecule has 39 heavy (non-hydrogen) atoms. The third kappa shape index (κ3) is 6.85. The number of ketones is 1. The zero-order valence-corrected chi connectivity index (χ0v) is 22.2. The molecule has 1 aliphatic rings. The Balaban J connectivity index is 2.04. The minimum Gasteiger partial charge on any atom is -0.507 e. The molecule has 11 heteroatoms. The van der Waals surface area contributed by atoms with Crippen molar-refractivity contribution >= 4 is 28.8 Å². The van der Waals surface area contributed by atoms with Gasteiger partial charge in [0.1, 0.15) is 5.76 Å². The van der Waals surface area contributed by atoms with Crippen molar-refractivity contribution in [1.29, 1.82) is 0 Å². The van der Waals surface area contributed by atoms with Crippen LogP contribution in [0, 0.1) is 20.2 Å². The molecule has 3 rings (SSSR count). The Morgan fingerprint density at radius 3 is 2.18 bits per heavy atom. The lowest BCUT2D eigenvalue weighted by molar-refractivity contribution is -0.385. The number of hydrogen-bond acceptors (Lipinski definition) is 8. The number of benzene rings is 2. The van der Waals surface area contributed by atoms with E-state index in [0.29, 0.717) is 13.0 Å². The maximum Gasteiger partial charge on any atom is 0.295 e. The summed E-state index contributed by atoms with van der Waals surface area (Å²) in [6, 6.07) is 9.62. The lowest BCUT2D eigenvalue weighted by Gasteiger charge is -2.27. The van der Waals surface area contributed by atoms with Crippen LogP contribution in [0.4, 0.5) is 11.4 Å². The molecular weight excluding hydrogens is 504 g/mol. The van der Waals surface area contributed by atoms with Gasteiger partial charge in [-0.15, -0.1) is 0 Å². The fourth-order valence-electron chi connectivity index (χ4n) is 4.80. The van der Waals surface area contributed by atoms with Crippen molar-refractivity contribution in [1.82, 2.24) is 9.80 Å². The first-order valence-corrected chi connectivity index (χ1v) is 13.2. The van der Waals surface area contributed by atoms with Gasteiger partial charge in [0.25, 0.3) is 23.1 Å². The van der Waals surface area contributed by atoms with Crippen molar-refractivity contribution in [3.63, 3.8) is 0 Å². The van der Waals surface area contributed by atoms with Crippen LogP contribution < -0.4 is 0 Å². The second-order valence-corrected chi connectivity index (χ2v) is 9.52. The standard InChI is InChI=1S/C28H34N4O7/c1-3-5-15-29(16-6-4-2)17-10-18-30-25(22-13-7-8-14-23(22)32(38)39)24(27(34)28(30)35)26(33)20-11-9-12-21(19-20)31(36)37/h7-9,11-14,19,25,33H,3-6,10,15-18H2,1-2H3/t25-/m1/s1. The summed E-state index contributed by atoms with van der Waals surface area (Å²) >= 11 is 0. The predicted molar refractivity (Wildman–Crippen MR) is 146 cm³/mol. The zero-order valence-electron chi connectivity index (χ0n) is 22.2. The van der Waals surface area contributed by atoms with Crippen LogP contribution >= 0.6 is 0 Å². The first kappa shape index (κ1) is 29.4. The molecule has 208 valence electrons. The first-order valence-electron chi connectivity index (χ1n) is 13.2. The van der Waals surface area contributed by atoms with E-state index in [-0.39, 0.29) is 34.6 Å². The smallest absolute Gasteiger partial charge is 0.295 e. The van der Waals surface area contributed by atoms with Crippen molar-refractivity contribution in [2.75, 3.05) is 26.2 Å². The quantitative estimate of drug-likeness (QED) is 0.113. The van der Waals surface area contributed by atoms with Gasteiger partial charge in [-0.05, 0) is 45.0 Å². The summed E-state index contributed by atoms with van der Waals surface area (Å²) in [6.07, 6.45) is 4.69. The molecule has 0 unspecified atom stereocenters. The number of amides is 1. The molecule has 0 saturated carbocycles. The molecule has 1 fully saturated rings. The van der Waals surface area contributed by atoms with Crippen molar-refractivity contribution in [3.8, 4) is 0 Å². The van der Waals surface area contributed by atoms with Crippen molar-refractivity contribution in [3.05, 3.63) is 85.5 Å². The van der Waals surface area contributed by atoms with Crippen LogP contribution in [0.2, 0.25) is 0 Å². The van der Waals surface area contributed by atoms with E-state index in [0.717, 1.165) is 44.8 Å². The Kier molecular flexibility index (Phi) is 10.3. The van der Waals surface area contributed by atoms with Gasteiger partial charge in [0, 0.05) is 30.3 Å². The van der Waals surface area contributed by atoms with E-state index in [2.05, 4.69) is 18.7 Å². The molecule has 1 aliphatic heterocycles. The van der Waals surface area contributed by atoms with Crippen molar-refractivity contribution in [2.45, 2.75) is 52.0 Å². The van der Waals surface area contributed by atoms with Gasteiger partial charge >= 0.3 is 0 Å². The average Bonchev–Trinajstić information content (AvgIpc) is 3.18. The summed E-state index contributed by atoms with van der Waals surface area (Å²) in [7, 11) is 0. The molecule has 11 nitrogen and oxygen atoms in total. The predicted octanol–water partition coefficient (Wildman–Crippen LogP) is 5.22. The number of nitro benzene ring substituents is 2. The molecule has 0 radical (unpaired) electrons. The van der Waals surface area contributed by atoms with Crippen LogP contribution in [-0.2, 0) is 9.59 Å². The molecule has 0 bridgehead atoms. The van der Waals surface area contributed by atoms with E-state index < -0.39 is 33.3 Å². The van der Waals surface area contributed by atoms with E-state index in [9.17, 15) is 34.9 Å². The number of likely N-dealkylation sites (tertiary alicyclic amines) is 1. The van der Waals surface area contributed by atoms with Gasteiger partial charge in [-0.25, -0.2) is 0 Å². The average molecular weight is 539 g/mol. The van der Waals surface area contributed by atoms with Gasteiger partial charge in [0.05, 0.1) is 27.0 Å². The maximum atomic E-state index is 13.3. The van der Waals surface area contributed by atoms with Gasteiger partial charge < -0.3 is 14.9 Å². The number of nitro groups is 2. The minimum absolute atomic E-state index is 0.0314. The second kappa shape index (κ2) is 13.6. The fraction of sp³-hybridized carbons (Fsp3) is 0.429. The van der Waals surface area contributed by atoms with Gasteiger partial charge in [-0.3, -0.25) is 29.8 Å². The summed E-state index contributed by atoms with van der Waals surface area (Å²) in [5.41, 5.74) is -0.885. The number of Topliss-reactive ketones (excluding diaryl/α,β-unsaturated/α-hetero) is 1. The molecule has 1 atom stereocenters. The highest BCUT2D eigenvalue weighted by Gasteiger charge is 2.47. The fourth-order valence-corrected chi connectivity index (χ4v) is 4.80.